The number of nitrogens with one attached hydrogen (secondary N) is 1. The highest BCUT2D eigenvalue weighted by Crippen LogP contribution is 2.43. The predicted molar refractivity (Wildman–Crippen MR) is 93.1 cm³/mol. The van der Waals surface area contributed by atoms with Gasteiger partial charge >= 0.3 is 6.61 Å². The van der Waals surface area contributed by atoms with Crippen molar-refractivity contribution in [2.45, 2.75) is 12.7 Å². The smallest absolute Gasteiger partial charge is 0.387 e. The van der Waals surface area contributed by atoms with E-state index in [1.165, 1.54) is 12.1 Å². The molecule has 26 heavy (non-hydrogen) atoms. The number of amides is 1. The highest BCUT2D eigenvalue weighted by atomic mass is 19.3. The molecule has 136 valence electrons. The number of alkyl halides is 2. The fourth-order valence-corrected chi connectivity index (χ4v) is 4.18. The number of hydrogen-bond acceptors (Lipinski definition) is 3. The highest BCUT2D eigenvalue weighted by Gasteiger charge is 2.46. The second-order valence-corrected chi connectivity index (χ2v) is 6.80. The fraction of sp³-hybridized carbons (Fsp3) is 0.350. The molecule has 2 aromatic carbocycles. The number of rotatable bonds is 4. The molecule has 1 N–H and O–H groups in total. The Morgan fingerprint density at radius 2 is 1.92 bits per heavy atom. The highest BCUT2D eigenvalue weighted by molar-refractivity contribution is 5.95. The van der Waals surface area contributed by atoms with E-state index in [-0.39, 0.29) is 17.7 Å². The maximum Gasteiger partial charge on any atom is 0.387 e. The van der Waals surface area contributed by atoms with Crippen molar-refractivity contribution < 1.29 is 18.3 Å². The first-order chi connectivity index (χ1) is 12.6. The molecule has 0 radical (unpaired) electrons. The van der Waals surface area contributed by atoms with Crippen molar-refractivity contribution in [3.05, 3.63) is 65.7 Å². The molecule has 4 nitrogen and oxygen atoms in total. The average Bonchev–Trinajstić information content (AvgIpc) is 3.22. The van der Waals surface area contributed by atoms with E-state index in [2.05, 4.69) is 10.1 Å². The molecule has 4 rings (SSSR count). The van der Waals surface area contributed by atoms with Gasteiger partial charge < -0.3 is 15.0 Å². The third-order valence-electron chi connectivity index (χ3n) is 5.27. The van der Waals surface area contributed by atoms with Crippen LogP contribution >= 0.6 is 0 Å². The summed E-state index contributed by atoms with van der Waals surface area (Å²) in [6.07, 6.45) is 0. The van der Waals surface area contributed by atoms with Crippen LogP contribution in [0.4, 0.5) is 8.78 Å². The van der Waals surface area contributed by atoms with Gasteiger partial charge in [-0.15, -0.1) is 0 Å². The molecule has 2 aliphatic rings. The molecule has 0 aliphatic carbocycles. The fourth-order valence-electron chi connectivity index (χ4n) is 4.18. The molecule has 3 atom stereocenters. The van der Waals surface area contributed by atoms with E-state index < -0.39 is 6.61 Å². The molecular formula is C20H20F2N2O2. The summed E-state index contributed by atoms with van der Waals surface area (Å²) in [5.41, 5.74) is 1.48. The van der Waals surface area contributed by atoms with Crippen LogP contribution in [0.2, 0.25) is 0 Å². The maximum absolute atomic E-state index is 13.2. The molecule has 2 aromatic rings. The third-order valence-corrected chi connectivity index (χ3v) is 5.27. The second kappa shape index (κ2) is 7.03. The Balaban J connectivity index is 1.64. The van der Waals surface area contributed by atoms with E-state index in [1.54, 1.807) is 12.1 Å². The van der Waals surface area contributed by atoms with Crippen LogP contribution in [0, 0.1) is 11.8 Å². The van der Waals surface area contributed by atoms with Gasteiger partial charge in [0.05, 0.1) is 6.04 Å². The van der Waals surface area contributed by atoms with Gasteiger partial charge in [0.25, 0.3) is 5.91 Å². The topological polar surface area (TPSA) is 41.6 Å². The normalized spacial score (nSPS) is 24.7. The van der Waals surface area contributed by atoms with Crippen molar-refractivity contribution in [3.63, 3.8) is 0 Å². The number of hydrogen-bond donors (Lipinski definition) is 1. The molecule has 6 heteroatoms. The standard InChI is InChI=1S/C20H20F2N2O2/c21-20(22)26-16-8-4-7-14(9-16)19(25)24-12-15-10-23-11-17(15)18(24)13-5-2-1-3-6-13/h1-9,15,17-18,20,23H,10-12H2/t15-,17-,18-/m0/s1. The summed E-state index contributed by atoms with van der Waals surface area (Å²) >= 11 is 0. The maximum atomic E-state index is 13.2. The van der Waals surface area contributed by atoms with Crippen LogP contribution in [0.1, 0.15) is 22.0 Å². The molecule has 2 aliphatic heterocycles. The average molecular weight is 358 g/mol. The molecule has 0 spiro atoms. The van der Waals surface area contributed by atoms with Gasteiger partial charge in [-0.3, -0.25) is 4.79 Å². The molecule has 2 fully saturated rings. The zero-order valence-electron chi connectivity index (χ0n) is 14.1. The molecule has 0 aromatic heterocycles. The van der Waals surface area contributed by atoms with Crippen LogP contribution in [-0.4, -0.2) is 37.1 Å². The predicted octanol–water partition coefficient (Wildman–Crippen LogP) is 3.32. The zero-order valence-corrected chi connectivity index (χ0v) is 14.1. The summed E-state index contributed by atoms with van der Waals surface area (Å²) in [5, 5.41) is 3.41. The Hall–Kier alpha value is -2.47. The van der Waals surface area contributed by atoms with Crippen molar-refractivity contribution >= 4 is 5.91 Å². The van der Waals surface area contributed by atoms with Crippen LogP contribution in [0.3, 0.4) is 0 Å². The molecule has 1 amide bonds. The number of likely N-dealkylation sites (tertiary alicyclic amines) is 1. The van der Waals surface area contributed by atoms with Gasteiger partial charge in [0.2, 0.25) is 0 Å². The monoisotopic (exact) mass is 358 g/mol. The Morgan fingerprint density at radius 3 is 2.69 bits per heavy atom. The molecule has 2 saturated heterocycles. The molecule has 0 unspecified atom stereocenters. The largest absolute Gasteiger partial charge is 0.435 e. The van der Waals surface area contributed by atoms with Gasteiger partial charge in [0.1, 0.15) is 5.75 Å². The minimum absolute atomic E-state index is 0.00293. The first-order valence-corrected chi connectivity index (χ1v) is 8.75. The van der Waals surface area contributed by atoms with E-state index in [4.69, 9.17) is 0 Å². The van der Waals surface area contributed by atoms with E-state index in [1.807, 2.05) is 35.2 Å². The Morgan fingerprint density at radius 1 is 1.12 bits per heavy atom. The molecular weight excluding hydrogens is 338 g/mol. The number of carbonyl (C=O) groups is 1. The van der Waals surface area contributed by atoms with Crippen LogP contribution in [0.25, 0.3) is 0 Å². The van der Waals surface area contributed by atoms with Crippen molar-refractivity contribution in [1.82, 2.24) is 10.2 Å². The van der Waals surface area contributed by atoms with Crippen LogP contribution < -0.4 is 10.1 Å². The Bertz CT molecular complexity index is 784. The van der Waals surface area contributed by atoms with E-state index >= 15 is 0 Å². The summed E-state index contributed by atoms with van der Waals surface area (Å²) in [6, 6.07) is 16.0. The lowest BCUT2D eigenvalue weighted by atomic mass is 9.89. The first-order valence-electron chi connectivity index (χ1n) is 8.75. The lowest BCUT2D eigenvalue weighted by Gasteiger charge is -2.28. The number of halogens is 2. The van der Waals surface area contributed by atoms with Gasteiger partial charge in [0, 0.05) is 31.1 Å². The summed E-state index contributed by atoms with van der Waals surface area (Å²) in [7, 11) is 0. The Labute approximate surface area is 150 Å². The zero-order chi connectivity index (χ0) is 18.1. The lowest BCUT2D eigenvalue weighted by Crippen LogP contribution is -2.34. The molecule has 2 heterocycles. The van der Waals surface area contributed by atoms with Crippen molar-refractivity contribution in [2.75, 3.05) is 19.6 Å². The van der Waals surface area contributed by atoms with Crippen molar-refractivity contribution in [3.8, 4) is 5.75 Å². The van der Waals surface area contributed by atoms with E-state index in [0.717, 1.165) is 18.7 Å². The number of carbonyl (C=O) groups excluding carboxylic acids is 1. The first kappa shape index (κ1) is 17.0. The summed E-state index contributed by atoms with van der Waals surface area (Å²) in [4.78, 5) is 15.0. The minimum Gasteiger partial charge on any atom is -0.435 e. The van der Waals surface area contributed by atoms with Crippen LogP contribution in [-0.2, 0) is 0 Å². The van der Waals surface area contributed by atoms with Gasteiger partial charge in [-0.05, 0) is 29.7 Å². The number of nitrogens with zero attached hydrogens (tertiary/aromatic N) is 1. The van der Waals surface area contributed by atoms with Gasteiger partial charge in [-0.25, -0.2) is 0 Å². The quantitative estimate of drug-likeness (QED) is 0.912. The molecule has 0 saturated carbocycles. The number of benzene rings is 2. The number of ether oxygens (including phenoxy) is 1. The van der Waals surface area contributed by atoms with Gasteiger partial charge in [-0.2, -0.15) is 8.78 Å². The van der Waals surface area contributed by atoms with Crippen molar-refractivity contribution in [1.29, 1.82) is 0 Å². The summed E-state index contributed by atoms with van der Waals surface area (Å²) in [6.45, 7) is -0.472. The van der Waals surface area contributed by atoms with Gasteiger partial charge in [0.15, 0.2) is 0 Å². The van der Waals surface area contributed by atoms with E-state index in [0.29, 0.717) is 23.9 Å². The Kier molecular flexibility index (Phi) is 4.59. The van der Waals surface area contributed by atoms with Crippen LogP contribution in [0.15, 0.2) is 54.6 Å². The summed E-state index contributed by atoms with van der Waals surface area (Å²) < 4.78 is 29.4. The van der Waals surface area contributed by atoms with Crippen LogP contribution in [0.5, 0.6) is 5.75 Å². The summed E-state index contributed by atoms with van der Waals surface area (Å²) in [5.74, 6) is 0.627. The number of fused-ring (bicyclic) bond motifs is 1. The third kappa shape index (κ3) is 3.17. The SMILES string of the molecule is O=C(c1cccc(OC(F)F)c1)N1C[C@@H]2CNC[C@@H]2[C@@H]1c1ccccc1. The second-order valence-electron chi connectivity index (χ2n) is 6.80. The lowest BCUT2D eigenvalue weighted by molar-refractivity contribution is -0.0499. The van der Waals surface area contributed by atoms with Gasteiger partial charge in [-0.1, -0.05) is 36.4 Å². The minimum atomic E-state index is -2.91. The van der Waals surface area contributed by atoms with E-state index in [9.17, 15) is 13.6 Å². The van der Waals surface area contributed by atoms with Crippen molar-refractivity contribution in [2.24, 2.45) is 11.8 Å². The molecule has 0 bridgehead atoms.